The minimum absolute atomic E-state index is 0.00409. The molecule has 3 rings (SSSR count). The standard InChI is InChI=1S/C20H21N3O2S/c1-15-18(26-20(23-15)16-6-5-11-21-14-16)9-12-22-19(24)10-13-25-17-7-3-2-4-8-17/h2-8,11,14H,9-10,12-13H2,1H3,(H,22,24). The SMILES string of the molecule is Cc1nc(-c2cccnc2)sc1CCNC(=O)CCOc1ccccc1. The van der Waals surface area contributed by atoms with Crippen molar-refractivity contribution < 1.29 is 9.53 Å². The second-order valence-corrected chi connectivity index (χ2v) is 6.86. The summed E-state index contributed by atoms with van der Waals surface area (Å²) in [5.41, 5.74) is 2.03. The molecule has 0 spiro atoms. The van der Waals surface area contributed by atoms with Gasteiger partial charge in [-0.3, -0.25) is 9.78 Å². The molecule has 6 heteroatoms. The van der Waals surface area contributed by atoms with Crippen LogP contribution in [-0.4, -0.2) is 29.0 Å². The predicted molar refractivity (Wildman–Crippen MR) is 103 cm³/mol. The normalized spacial score (nSPS) is 10.5. The maximum absolute atomic E-state index is 11.9. The third-order valence-corrected chi connectivity index (χ3v) is 5.08. The highest BCUT2D eigenvalue weighted by Crippen LogP contribution is 2.27. The minimum atomic E-state index is -0.00409. The van der Waals surface area contributed by atoms with Gasteiger partial charge in [-0.05, 0) is 31.2 Å². The number of carbonyl (C=O) groups excluding carboxylic acids is 1. The third-order valence-electron chi connectivity index (χ3n) is 3.82. The van der Waals surface area contributed by atoms with Crippen LogP contribution < -0.4 is 10.1 Å². The first-order chi connectivity index (χ1) is 12.7. The van der Waals surface area contributed by atoms with E-state index in [2.05, 4.69) is 15.3 Å². The number of nitrogens with zero attached hydrogens (tertiary/aromatic N) is 2. The number of para-hydroxylation sites is 1. The monoisotopic (exact) mass is 367 g/mol. The van der Waals surface area contributed by atoms with Gasteiger partial charge in [-0.15, -0.1) is 11.3 Å². The molecule has 0 saturated carbocycles. The molecule has 2 aromatic heterocycles. The zero-order valence-corrected chi connectivity index (χ0v) is 15.5. The summed E-state index contributed by atoms with van der Waals surface area (Å²) in [7, 11) is 0. The Morgan fingerprint density at radius 3 is 2.81 bits per heavy atom. The fraction of sp³-hybridized carbons (Fsp3) is 0.250. The van der Waals surface area contributed by atoms with Crippen LogP contribution in [0, 0.1) is 6.92 Å². The van der Waals surface area contributed by atoms with E-state index in [0.29, 0.717) is 19.6 Å². The van der Waals surface area contributed by atoms with E-state index < -0.39 is 0 Å². The van der Waals surface area contributed by atoms with E-state index in [9.17, 15) is 4.79 Å². The number of carbonyl (C=O) groups is 1. The van der Waals surface area contributed by atoms with Gasteiger partial charge >= 0.3 is 0 Å². The fourth-order valence-corrected chi connectivity index (χ4v) is 3.51. The number of pyridine rings is 1. The van der Waals surface area contributed by atoms with Crippen molar-refractivity contribution in [1.82, 2.24) is 15.3 Å². The number of nitrogens with one attached hydrogen (secondary N) is 1. The number of thiazole rings is 1. The van der Waals surface area contributed by atoms with Crippen LogP contribution in [0.1, 0.15) is 17.0 Å². The number of amides is 1. The fourth-order valence-electron chi connectivity index (χ4n) is 2.45. The molecule has 0 fully saturated rings. The largest absolute Gasteiger partial charge is 0.493 e. The molecule has 26 heavy (non-hydrogen) atoms. The lowest BCUT2D eigenvalue weighted by molar-refractivity contribution is -0.121. The molecule has 3 aromatic rings. The molecular formula is C20H21N3O2S. The second kappa shape index (κ2) is 9.10. The maximum Gasteiger partial charge on any atom is 0.223 e. The average Bonchev–Trinajstić information content (AvgIpc) is 3.04. The van der Waals surface area contributed by atoms with Gasteiger partial charge in [-0.1, -0.05) is 18.2 Å². The lowest BCUT2D eigenvalue weighted by atomic mass is 10.3. The summed E-state index contributed by atoms with van der Waals surface area (Å²) in [5, 5.41) is 3.91. The number of hydrogen-bond donors (Lipinski definition) is 1. The number of rotatable bonds is 8. The molecule has 0 aliphatic heterocycles. The van der Waals surface area contributed by atoms with E-state index >= 15 is 0 Å². The second-order valence-electron chi connectivity index (χ2n) is 5.78. The highest BCUT2D eigenvalue weighted by Gasteiger charge is 2.10. The van der Waals surface area contributed by atoms with Crippen LogP contribution in [0.5, 0.6) is 5.75 Å². The quantitative estimate of drug-likeness (QED) is 0.660. The van der Waals surface area contributed by atoms with E-state index in [1.165, 1.54) is 4.88 Å². The molecule has 1 amide bonds. The summed E-state index contributed by atoms with van der Waals surface area (Å²) in [4.78, 5) is 21.8. The molecule has 0 unspecified atom stereocenters. The first-order valence-corrected chi connectivity index (χ1v) is 9.35. The molecule has 0 radical (unpaired) electrons. The van der Waals surface area contributed by atoms with Gasteiger partial charge in [0.2, 0.25) is 5.91 Å². The Morgan fingerprint density at radius 1 is 1.19 bits per heavy atom. The van der Waals surface area contributed by atoms with Gasteiger partial charge in [-0.25, -0.2) is 4.98 Å². The molecule has 0 bridgehead atoms. The Morgan fingerprint density at radius 2 is 2.04 bits per heavy atom. The smallest absolute Gasteiger partial charge is 0.223 e. The number of aryl methyl sites for hydroxylation is 1. The first-order valence-electron chi connectivity index (χ1n) is 8.53. The molecule has 0 atom stereocenters. The van der Waals surface area contributed by atoms with Crippen LogP contribution in [0.15, 0.2) is 54.9 Å². The van der Waals surface area contributed by atoms with Crippen molar-refractivity contribution in [2.75, 3.05) is 13.2 Å². The van der Waals surface area contributed by atoms with Crippen molar-refractivity contribution in [2.45, 2.75) is 19.8 Å². The maximum atomic E-state index is 11.9. The summed E-state index contributed by atoms with van der Waals surface area (Å²) in [5.74, 6) is 0.777. The Labute approximate surface area is 157 Å². The highest BCUT2D eigenvalue weighted by atomic mass is 32.1. The predicted octanol–water partition coefficient (Wildman–Crippen LogP) is 3.64. The number of hydrogen-bond acceptors (Lipinski definition) is 5. The number of benzene rings is 1. The van der Waals surface area contributed by atoms with Crippen molar-refractivity contribution in [1.29, 1.82) is 0 Å². The molecule has 0 aliphatic carbocycles. The summed E-state index contributed by atoms with van der Waals surface area (Å²) in [6, 6.07) is 13.4. The lowest BCUT2D eigenvalue weighted by Gasteiger charge is -2.07. The van der Waals surface area contributed by atoms with Crippen LogP contribution >= 0.6 is 11.3 Å². The number of ether oxygens (including phenoxy) is 1. The van der Waals surface area contributed by atoms with Gasteiger partial charge < -0.3 is 10.1 Å². The van der Waals surface area contributed by atoms with Gasteiger partial charge in [0.1, 0.15) is 10.8 Å². The van der Waals surface area contributed by atoms with Crippen LogP contribution in [-0.2, 0) is 11.2 Å². The summed E-state index contributed by atoms with van der Waals surface area (Å²) in [6.07, 6.45) is 4.69. The topological polar surface area (TPSA) is 64.1 Å². The molecule has 1 aromatic carbocycles. The summed E-state index contributed by atoms with van der Waals surface area (Å²) < 4.78 is 5.54. The molecule has 2 heterocycles. The van der Waals surface area contributed by atoms with Gasteiger partial charge in [0.25, 0.3) is 0 Å². The first kappa shape index (κ1) is 18.1. The van der Waals surface area contributed by atoms with E-state index in [-0.39, 0.29) is 5.91 Å². The summed E-state index contributed by atoms with van der Waals surface area (Å²) >= 11 is 1.65. The summed E-state index contributed by atoms with van der Waals surface area (Å²) in [6.45, 7) is 2.97. The molecule has 134 valence electrons. The van der Waals surface area contributed by atoms with Crippen LogP contribution in [0.25, 0.3) is 10.6 Å². The van der Waals surface area contributed by atoms with Crippen molar-refractivity contribution in [3.63, 3.8) is 0 Å². The molecule has 0 aliphatic rings. The van der Waals surface area contributed by atoms with E-state index in [0.717, 1.165) is 28.4 Å². The Hall–Kier alpha value is -2.73. The van der Waals surface area contributed by atoms with Crippen LogP contribution in [0.4, 0.5) is 0 Å². The van der Waals surface area contributed by atoms with Gasteiger partial charge in [0, 0.05) is 35.8 Å². The Bertz CT molecular complexity index is 835. The van der Waals surface area contributed by atoms with Crippen LogP contribution in [0.2, 0.25) is 0 Å². The molecule has 5 nitrogen and oxygen atoms in total. The van der Waals surface area contributed by atoms with Crippen molar-refractivity contribution in [2.24, 2.45) is 0 Å². The van der Waals surface area contributed by atoms with E-state index in [4.69, 9.17) is 4.74 Å². The Balaban J connectivity index is 1.42. The third kappa shape index (κ3) is 5.13. The minimum Gasteiger partial charge on any atom is -0.493 e. The van der Waals surface area contributed by atoms with Gasteiger partial charge in [0.05, 0.1) is 18.7 Å². The van der Waals surface area contributed by atoms with E-state index in [1.807, 2.05) is 55.6 Å². The lowest BCUT2D eigenvalue weighted by Crippen LogP contribution is -2.27. The molecule has 0 saturated heterocycles. The van der Waals surface area contributed by atoms with Crippen molar-refractivity contribution in [3.8, 4) is 16.3 Å². The Kier molecular flexibility index (Phi) is 6.33. The van der Waals surface area contributed by atoms with Crippen molar-refractivity contribution >= 4 is 17.2 Å². The average molecular weight is 367 g/mol. The molecular weight excluding hydrogens is 346 g/mol. The van der Waals surface area contributed by atoms with Gasteiger partial charge in [0.15, 0.2) is 0 Å². The molecule has 1 N–H and O–H groups in total. The van der Waals surface area contributed by atoms with E-state index in [1.54, 1.807) is 17.5 Å². The highest BCUT2D eigenvalue weighted by molar-refractivity contribution is 7.15. The number of aromatic nitrogens is 2. The van der Waals surface area contributed by atoms with Crippen LogP contribution in [0.3, 0.4) is 0 Å². The zero-order valence-electron chi connectivity index (χ0n) is 14.6. The van der Waals surface area contributed by atoms with Crippen molar-refractivity contribution in [3.05, 3.63) is 65.4 Å². The van der Waals surface area contributed by atoms with Gasteiger partial charge in [-0.2, -0.15) is 0 Å². The zero-order chi connectivity index (χ0) is 18.2.